The first kappa shape index (κ1) is 12.3. The fraction of sp³-hybridized carbons (Fsp3) is 0.111. The van der Waals surface area contributed by atoms with Gasteiger partial charge in [-0.25, -0.2) is 4.79 Å². The lowest BCUT2D eigenvalue weighted by molar-refractivity contribution is 0.0854. The van der Waals surface area contributed by atoms with E-state index in [0.29, 0.717) is 5.56 Å². The third-order valence-electron chi connectivity index (χ3n) is 1.45. The number of carbonyl (C=O) groups is 1. The van der Waals surface area contributed by atoms with Crippen LogP contribution in [0.25, 0.3) is 0 Å². The van der Waals surface area contributed by atoms with Crippen molar-refractivity contribution in [2.75, 3.05) is 0 Å². The topological polar surface area (TPSA) is 70.3 Å². The molecule has 0 atom stereocenters. The summed E-state index contributed by atoms with van der Waals surface area (Å²) in [6.07, 6.45) is -1.30. The van der Waals surface area contributed by atoms with Crippen molar-refractivity contribution in [1.82, 2.24) is 0 Å². The molecule has 0 spiro atoms. The van der Waals surface area contributed by atoms with E-state index < -0.39 is 6.16 Å². The zero-order valence-corrected chi connectivity index (χ0v) is 7.95. The van der Waals surface area contributed by atoms with Gasteiger partial charge in [0.25, 0.3) is 0 Å². The van der Waals surface area contributed by atoms with Crippen LogP contribution in [0.2, 0.25) is 0 Å². The molecular weight excluding hydrogens is 206 g/mol. The Morgan fingerprint density at radius 1 is 1.43 bits per heavy atom. The van der Waals surface area contributed by atoms with E-state index in [9.17, 15) is 4.79 Å². The summed E-state index contributed by atoms with van der Waals surface area (Å²) >= 11 is 0. The van der Waals surface area contributed by atoms with Crippen LogP contribution in [0.1, 0.15) is 11.1 Å². The van der Waals surface area contributed by atoms with Crippen LogP contribution in [0.3, 0.4) is 0 Å². The largest absolute Gasteiger partial charge is 0.506 e. The predicted octanol–water partition coefficient (Wildman–Crippen LogP) is 2.17. The highest BCUT2D eigenvalue weighted by Gasteiger charge is 1.98. The Bertz CT molecular complexity index is 342. The Kier molecular flexibility index (Phi) is 5.12. The summed E-state index contributed by atoms with van der Waals surface area (Å²) in [5, 5.41) is 16.7. The smallest absolute Gasteiger partial charge is 0.450 e. The number of nitriles is 1. The highest BCUT2D eigenvalue weighted by atomic mass is 35.5. The van der Waals surface area contributed by atoms with E-state index in [2.05, 4.69) is 4.74 Å². The maximum Gasteiger partial charge on any atom is 0.506 e. The summed E-state index contributed by atoms with van der Waals surface area (Å²) in [6, 6.07) is 8.49. The van der Waals surface area contributed by atoms with Crippen molar-refractivity contribution in [3.05, 3.63) is 35.4 Å². The molecule has 1 aromatic carbocycles. The summed E-state index contributed by atoms with van der Waals surface area (Å²) in [7, 11) is 0. The molecule has 0 unspecified atom stereocenters. The number of carboxylic acid groups (broad SMARTS) is 1. The molecule has 0 heterocycles. The normalized spacial score (nSPS) is 8.21. The Labute approximate surface area is 87.1 Å². The Balaban J connectivity index is 0.00000169. The molecule has 0 aliphatic rings. The Hall–Kier alpha value is -1.73. The number of hydrogen-bond acceptors (Lipinski definition) is 3. The molecule has 1 aromatic rings. The van der Waals surface area contributed by atoms with Crippen LogP contribution < -0.4 is 0 Å². The first-order chi connectivity index (χ1) is 6.22. The van der Waals surface area contributed by atoms with Crippen molar-refractivity contribution in [2.24, 2.45) is 0 Å². The second-order valence-corrected chi connectivity index (χ2v) is 2.36. The first-order valence-corrected chi connectivity index (χ1v) is 3.57. The van der Waals surface area contributed by atoms with Crippen molar-refractivity contribution in [2.45, 2.75) is 6.61 Å². The molecule has 1 rings (SSSR count). The van der Waals surface area contributed by atoms with E-state index in [1.165, 1.54) is 0 Å². The van der Waals surface area contributed by atoms with Gasteiger partial charge in [-0.1, -0.05) is 12.1 Å². The number of hydrogen-bond donors (Lipinski definition) is 1. The summed E-state index contributed by atoms with van der Waals surface area (Å²) in [6.45, 7) is 0.0149. The zero-order chi connectivity index (χ0) is 9.68. The average Bonchev–Trinajstić information content (AvgIpc) is 2.15. The number of rotatable bonds is 2. The standard InChI is InChI=1S/C9H7NO3.ClH/c10-5-7-1-3-8(4-2-7)6-13-9(11)12;/h1-4H,6H2,(H,11,12);1H. The van der Waals surface area contributed by atoms with Crippen LogP contribution >= 0.6 is 12.4 Å². The average molecular weight is 214 g/mol. The monoisotopic (exact) mass is 213 g/mol. The Morgan fingerprint density at radius 3 is 2.43 bits per heavy atom. The predicted molar refractivity (Wildman–Crippen MR) is 51.2 cm³/mol. The van der Waals surface area contributed by atoms with Crippen molar-refractivity contribution in [3.63, 3.8) is 0 Å². The minimum Gasteiger partial charge on any atom is -0.450 e. The van der Waals surface area contributed by atoms with E-state index in [4.69, 9.17) is 10.4 Å². The Morgan fingerprint density at radius 2 is 2.00 bits per heavy atom. The molecule has 4 nitrogen and oxygen atoms in total. The summed E-state index contributed by atoms with van der Waals surface area (Å²) < 4.78 is 4.34. The quantitative estimate of drug-likeness (QED) is 0.765. The van der Waals surface area contributed by atoms with Crippen molar-refractivity contribution < 1.29 is 14.6 Å². The lowest BCUT2D eigenvalue weighted by atomic mass is 10.2. The van der Waals surface area contributed by atoms with Gasteiger partial charge in [0, 0.05) is 0 Å². The van der Waals surface area contributed by atoms with Gasteiger partial charge in [0.05, 0.1) is 11.6 Å². The fourth-order valence-corrected chi connectivity index (χ4v) is 0.821. The van der Waals surface area contributed by atoms with Crippen molar-refractivity contribution >= 4 is 18.6 Å². The van der Waals surface area contributed by atoms with Crippen LogP contribution in [-0.4, -0.2) is 11.3 Å². The van der Waals surface area contributed by atoms with E-state index >= 15 is 0 Å². The van der Waals surface area contributed by atoms with E-state index in [-0.39, 0.29) is 19.0 Å². The van der Waals surface area contributed by atoms with Gasteiger partial charge in [-0.05, 0) is 17.7 Å². The third-order valence-corrected chi connectivity index (χ3v) is 1.45. The molecule has 5 heteroatoms. The molecule has 74 valence electrons. The number of ether oxygens (including phenoxy) is 1. The first-order valence-electron chi connectivity index (χ1n) is 3.57. The lowest BCUT2D eigenvalue weighted by Gasteiger charge is -1.99. The second kappa shape index (κ2) is 5.84. The molecule has 0 aromatic heterocycles. The van der Waals surface area contributed by atoms with Crippen LogP contribution in [0, 0.1) is 11.3 Å². The highest BCUT2D eigenvalue weighted by molar-refractivity contribution is 5.85. The van der Waals surface area contributed by atoms with Gasteiger partial charge in [-0.15, -0.1) is 12.4 Å². The zero-order valence-electron chi connectivity index (χ0n) is 7.14. The molecule has 0 aliphatic heterocycles. The molecule has 0 aliphatic carbocycles. The molecule has 1 N–H and O–H groups in total. The fourth-order valence-electron chi connectivity index (χ4n) is 0.821. The molecule has 0 bridgehead atoms. The minimum absolute atomic E-state index is 0. The molecule has 0 amide bonds. The minimum atomic E-state index is -1.30. The van der Waals surface area contributed by atoms with Crippen molar-refractivity contribution in [1.29, 1.82) is 5.26 Å². The molecule has 0 saturated heterocycles. The number of nitrogens with zero attached hydrogens (tertiary/aromatic N) is 1. The van der Waals surface area contributed by atoms with Crippen LogP contribution in [-0.2, 0) is 11.3 Å². The van der Waals surface area contributed by atoms with Crippen molar-refractivity contribution in [3.8, 4) is 6.07 Å². The number of benzene rings is 1. The van der Waals surface area contributed by atoms with Gasteiger partial charge in [0.2, 0.25) is 0 Å². The maximum absolute atomic E-state index is 10.0. The molecule has 0 fully saturated rings. The third kappa shape index (κ3) is 3.78. The number of halogens is 1. The lowest BCUT2D eigenvalue weighted by Crippen LogP contribution is -1.99. The summed E-state index contributed by atoms with van der Waals surface area (Å²) in [5.74, 6) is 0. The molecule has 0 radical (unpaired) electrons. The van der Waals surface area contributed by atoms with Gasteiger partial charge in [-0.2, -0.15) is 5.26 Å². The van der Waals surface area contributed by atoms with Crippen LogP contribution in [0.4, 0.5) is 4.79 Å². The second-order valence-electron chi connectivity index (χ2n) is 2.36. The van der Waals surface area contributed by atoms with Gasteiger partial charge < -0.3 is 9.84 Å². The SMILES string of the molecule is Cl.N#Cc1ccc(COC(=O)O)cc1. The molecule has 0 saturated carbocycles. The summed E-state index contributed by atoms with van der Waals surface area (Å²) in [5.41, 5.74) is 1.26. The molecule has 14 heavy (non-hydrogen) atoms. The summed E-state index contributed by atoms with van der Waals surface area (Å²) in [4.78, 5) is 10.0. The van der Waals surface area contributed by atoms with Gasteiger partial charge >= 0.3 is 6.16 Å². The van der Waals surface area contributed by atoms with Crippen LogP contribution in [0.5, 0.6) is 0 Å². The van der Waals surface area contributed by atoms with E-state index in [1.54, 1.807) is 24.3 Å². The van der Waals surface area contributed by atoms with Crippen LogP contribution in [0.15, 0.2) is 24.3 Å². The van der Waals surface area contributed by atoms with Gasteiger partial charge in [-0.3, -0.25) is 0 Å². The van der Waals surface area contributed by atoms with E-state index in [0.717, 1.165) is 5.56 Å². The van der Waals surface area contributed by atoms with E-state index in [1.807, 2.05) is 6.07 Å². The molecular formula is C9H8ClNO3. The van der Waals surface area contributed by atoms with Gasteiger partial charge in [0.15, 0.2) is 0 Å². The van der Waals surface area contributed by atoms with Gasteiger partial charge in [0.1, 0.15) is 6.61 Å². The maximum atomic E-state index is 10.0. The highest BCUT2D eigenvalue weighted by Crippen LogP contribution is 2.04.